The van der Waals surface area contributed by atoms with Crippen molar-refractivity contribution in [3.05, 3.63) is 70.8 Å². The lowest BCUT2D eigenvalue weighted by Gasteiger charge is -2.12. The number of anilines is 1. The van der Waals surface area contributed by atoms with Crippen molar-refractivity contribution in [3.63, 3.8) is 0 Å². The van der Waals surface area contributed by atoms with Gasteiger partial charge in [0.2, 0.25) is 5.91 Å². The van der Waals surface area contributed by atoms with Crippen LogP contribution in [0.25, 0.3) is 0 Å². The molecule has 158 valence electrons. The first kappa shape index (κ1) is 21.6. The van der Waals surface area contributed by atoms with Gasteiger partial charge in [-0.2, -0.15) is 5.10 Å². The minimum absolute atomic E-state index is 0.180. The summed E-state index contributed by atoms with van der Waals surface area (Å²) in [7, 11) is 0. The summed E-state index contributed by atoms with van der Waals surface area (Å²) in [6.07, 6.45) is 3.43. The summed E-state index contributed by atoms with van der Waals surface area (Å²) in [5.41, 5.74) is 2.11. The Kier molecular flexibility index (Phi) is 7.30. The average Bonchev–Trinajstić information content (AvgIpc) is 3.13. The molecule has 1 heterocycles. The molecule has 0 aliphatic heterocycles. The third kappa shape index (κ3) is 5.73. The standard InChI is InChI=1S/C22H23ClFN3O3/c1-3-29-20-8-5-15(9-21(20)30-4-2)10-22(28)26-18-12-25-27(14-18)13-16-6-7-17(24)11-19(16)23/h5-9,11-12,14H,3-4,10,13H2,1-2H3,(H,26,28). The lowest BCUT2D eigenvalue weighted by Crippen LogP contribution is -2.14. The maximum Gasteiger partial charge on any atom is 0.228 e. The van der Waals surface area contributed by atoms with Crippen molar-refractivity contribution in [2.24, 2.45) is 0 Å². The Morgan fingerprint density at radius 2 is 1.90 bits per heavy atom. The fraction of sp³-hybridized carbons (Fsp3) is 0.273. The molecule has 2 aromatic carbocycles. The zero-order valence-corrected chi connectivity index (χ0v) is 17.6. The molecule has 1 aromatic heterocycles. The maximum absolute atomic E-state index is 13.2. The van der Waals surface area contributed by atoms with Crippen molar-refractivity contribution in [2.75, 3.05) is 18.5 Å². The van der Waals surface area contributed by atoms with Crippen molar-refractivity contribution in [2.45, 2.75) is 26.8 Å². The van der Waals surface area contributed by atoms with Gasteiger partial charge in [0.25, 0.3) is 0 Å². The second kappa shape index (κ2) is 10.1. The Morgan fingerprint density at radius 1 is 1.13 bits per heavy atom. The largest absolute Gasteiger partial charge is 0.490 e. The number of halogens is 2. The van der Waals surface area contributed by atoms with Gasteiger partial charge in [-0.25, -0.2) is 4.39 Å². The Bertz CT molecular complexity index is 1020. The van der Waals surface area contributed by atoms with Crippen LogP contribution in [0.1, 0.15) is 25.0 Å². The van der Waals surface area contributed by atoms with Crippen molar-refractivity contribution in [1.29, 1.82) is 0 Å². The lowest BCUT2D eigenvalue weighted by molar-refractivity contribution is -0.115. The van der Waals surface area contributed by atoms with Crippen LogP contribution in [-0.2, 0) is 17.8 Å². The summed E-state index contributed by atoms with van der Waals surface area (Å²) in [5, 5.41) is 7.37. The zero-order valence-electron chi connectivity index (χ0n) is 16.8. The van der Waals surface area contributed by atoms with Crippen LogP contribution in [0.2, 0.25) is 5.02 Å². The molecule has 6 nitrogen and oxygen atoms in total. The molecule has 0 atom stereocenters. The maximum atomic E-state index is 13.2. The van der Waals surface area contributed by atoms with E-state index in [4.69, 9.17) is 21.1 Å². The van der Waals surface area contributed by atoms with Gasteiger partial charge in [0.15, 0.2) is 11.5 Å². The topological polar surface area (TPSA) is 65.4 Å². The smallest absolute Gasteiger partial charge is 0.228 e. The molecular weight excluding hydrogens is 409 g/mol. The highest BCUT2D eigenvalue weighted by Gasteiger charge is 2.11. The molecule has 0 radical (unpaired) electrons. The summed E-state index contributed by atoms with van der Waals surface area (Å²) >= 11 is 6.06. The number of rotatable bonds is 9. The van der Waals surface area contributed by atoms with Crippen LogP contribution in [0.3, 0.4) is 0 Å². The third-order valence-electron chi connectivity index (χ3n) is 4.24. The minimum atomic E-state index is -0.390. The van der Waals surface area contributed by atoms with Crippen LogP contribution in [0.5, 0.6) is 11.5 Å². The van der Waals surface area contributed by atoms with Crippen LogP contribution in [0, 0.1) is 5.82 Å². The van der Waals surface area contributed by atoms with E-state index in [2.05, 4.69) is 10.4 Å². The predicted octanol–water partition coefficient (Wildman–Crippen LogP) is 4.70. The highest BCUT2D eigenvalue weighted by Crippen LogP contribution is 2.29. The number of nitrogens with zero attached hydrogens (tertiary/aromatic N) is 2. The highest BCUT2D eigenvalue weighted by atomic mass is 35.5. The second-order valence-corrected chi connectivity index (χ2v) is 6.94. The van der Waals surface area contributed by atoms with Gasteiger partial charge in [-0.3, -0.25) is 9.48 Å². The summed E-state index contributed by atoms with van der Waals surface area (Å²) in [6, 6.07) is 9.68. The van der Waals surface area contributed by atoms with Gasteiger partial charge in [0, 0.05) is 11.2 Å². The molecule has 0 fully saturated rings. The van der Waals surface area contributed by atoms with E-state index in [1.807, 2.05) is 32.0 Å². The number of ether oxygens (including phenoxy) is 2. The molecule has 0 bridgehead atoms. The lowest BCUT2D eigenvalue weighted by atomic mass is 10.1. The first-order valence-electron chi connectivity index (χ1n) is 9.63. The SMILES string of the molecule is CCOc1ccc(CC(=O)Nc2cnn(Cc3ccc(F)cc3Cl)c2)cc1OCC. The van der Waals surface area contributed by atoms with Gasteiger partial charge in [0.1, 0.15) is 5.82 Å². The number of carbonyl (C=O) groups is 1. The molecule has 0 saturated heterocycles. The number of hydrogen-bond acceptors (Lipinski definition) is 4. The number of benzene rings is 2. The van der Waals surface area contributed by atoms with Gasteiger partial charge in [-0.1, -0.05) is 23.7 Å². The van der Waals surface area contributed by atoms with E-state index in [-0.39, 0.29) is 18.1 Å². The van der Waals surface area contributed by atoms with Crippen molar-refractivity contribution >= 4 is 23.2 Å². The first-order chi connectivity index (χ1) is 14.5. The Labute approximate surface area is 179 Å². The van der Waals surface area contributed by atoms with Crippen molar-refractivity contribution < 1.29 is 18.7 Å². The molecule has 0 spiro atoms. The highest BCUT2D eigenvalue weighted by molar-refractivity contribution is 6.31. The Hall–Kier alpha value is -3.06. The van der Waals surface area contributed by atoms with Gasteiger partial charge >= 0.3 is 0 Å². The minimum Gasteiger partial charge on any atom is -0.490 e. The molecule has 30 heavy (non-hydrogen) atoms. The number of aromatic nitrogens is 2. The molecule has 8 heteroatoms. The van der Waals surface area contributed by atoms with Gasteiger partial charge in [-0.15, -0.1) is 0 Å². The molecular formula is C22H23ClFN3O3. The van der Waals surface area contributed by atoms with Crippen LogP contribution in [-0.4, -0.2) is 28.9 Å². The van der Waals surface area contributed by atoms with Gasteiger partial charge in [-0.05, 0) is 49.2 Å². The van der Waals surface area contributed by atoms with Crippen LogP contribution < -0.4 is 14.8 Å². The molecule has 3 aromatic rings. The molecule has 3 rings (SSSR count). The summed E-state index contributed by atoms with van der Waals surface area (Å²) in [6.45, 7) is 5.21. The number of amides is 1. The van der Waals surface area contributed by atoms with Crippen LogP contribution >= 0.6 is 11.6 Å². The monoisotopic (exact) mass is 431 g/mol. The van der Waals surface area contributed by atoms with E-state index in [1.165, 1.54) is 12.1 Å². The van der Waals surface area contributed by atoms with E-state index >= 15 is 0 Å². The van der Waals surface area contributed by atoms with E-state index in [9.17, 15) is 9.18 Å². The summed E-state index contributed by atoms with van der Waals surface area (Å²) in [5.74, 6) is 0.706. The van der Waals surface area contributed by atoms with E-state index in [1.54, 1.807) is 23.1 Å². The summed E-state index contributed by atoms with van der Waals surface area (Å²) in [4.78, 5) is 12.4. The fourth-order valence-corrected chi connectivity index (χ4v) is 3.16. The van der Waals surface area contributed by atoms with Crippen LogP contribution in [0.4, 0.5) is 10.1 Å². The summed E-state index contributed by atoms with van der Waals surface area (Å²) < 4.78 is 25.9. The molecule has 0 unspecified atom stereocenters. The van der Waals surface area contributed by atoms with E-state index in [0.717, 1.165) is 11.1 Å². The molecule has 0 saturated carbocycles. The number of hydrogen-bond donors (Lipinski definition) is 1. The van der Waals surface area contributed by atoms with Crippen molar-refractivity contribution in [3.8, 4) is 11.5 Å². The molecule has 1 N–H and O–H groups in total. The fourth-order valence-electron chi connectivity index (χ4n) is 2.94. The number of carbonyl (C=O) groups excluding carboxylic acids is 1. The first-order valence-corrected chi connectivity index (χ1v) is 10.0. The van der Waals surface area contributed by atoms with Gasteiger partial charge in [0.05, 0.1) is 38.1 Å². The number of nitrogens with one attached hydrogen (secondary N) is 1. The molecule has 0 aliphatic rings. The average molecular weight is 432 g/mol. The normalized spacial score (nSPS) is 10.7. The van der Waals surface area contributed by atoms with E-state index in [0.29, 0.717) is 42.0 Å². The van der Waals surface area contributed by atoms with Gasteiger partial charge < -0.3 is 14.8 Å². The van der Waals surface area contributed by atoms with Crippen molar-refractivity contribution in [1.82, 2.24) is 9.78 Å². The van der Waals surface area contributed by atoms with Crippen LogP contribution in [0.15, 0.2) is 48.8 Å². The van der Waals surface area contributed by atoms with E-state index < -0.39 is 0 Å². The zero-order chi connectivity index (χ0) is 21.5. The molecule has 1 amide bonds. The Morgan fingerprint density at radius 3 is 2.63 bits per heavy atom. The predicted molar refractivity (Wildman–Crippen MR) is 114 cm³/mol. The Balaban J connectivity index is 1.62. The third-order valence-corrected chi connectivity index (χ3v) is 4.59. The second-order valence-electron chi connectivity index (χ2n) is 6.53. The molecule has 0 aliphatic carbocycles. The quantitative estimate of drug-likeness (QED) is 0.533.